The van der Waals surface area contributed by atoms with Crippen LogP contribution in [0.4, 0.5) is 0 Å². The number of phenolic OH excluding ortho intramolecular Hbond substituents is 1. The van der Waals surface area contributed by atoms with Crippen LogP contribution in [-0.2, 0) is 4.89 Å². The quantitative estimate of drug-likeness (QED) is 0.439. The first-order chi connectivity index (χ1) is 11.5. The van der Waals surface area contributed by atoms with Crippen molar-refractivity contribution in [2.24, 2.45) is 0 Å². The summed E-state index contributed by atoms with van der Waals surface area (Å²) in [5.41, 5.74) is 1.11. The van der Waals surface area contributed by atoms with Crippen LogP contribution < -0.4 is 9.62 Å². The monoisotopic (exact) mass is 332 g/mol. The Balaban J connectivity index is 1.82. The van der Waals surface area contributed by atoms with Crippen LogP contribution >= 0.6 is 0 Å². The minimum Gasteiger partial charge on any atom is -0.507 e. The molecule has 1 unspecified atom stereocenters. The second-order valence-corrected chi connectivity index (χ2v) is 5.36. The molecule has 128 valence electrons. The van der Waals surface area contributed by atoms with Crippen LogP contribution in [-0.4, -0.2) is 35.3 Å². The van der Waals surface area contributed by atoms with Crippen molar-refractivity contribution in [3.8, 4) is 17.2 Å². The fraction of sp³-hybridized carbons (Fsp3) is 0.278. The predicted octanol–water partition coefficient (Wildman–Crippen LogP) is 2.65. The van der Waals surface area contributed by atoms with E-state index in [1.165, 1.54) is 13.0 Å². The van der Waals surface area contributed by atoms with Gasteiger partial charge in [0.1, 0.15) is 36.4 Å². The van der Waals surface area contributed by atoms with Gasteiger partial charge in [-0.15, -0.1) is 0 Å². The number of carbonyl (C=O) groups excluding carboxylic acids is 1. The molecular formula is C18H20O6. The number of aryl methyl sites for hydroxylation is 1. The average Bonchev–Trinajstić information content (AvgIpc) is 2.52. The first-order valence-corrected chi connectivity index (χ1v) is 7.47. The van der Waals surface area contributed by atoms with Gasteiger partial charge in [0.25, 0.3) is 0 Å². The average molecular weight is 332 g/mol. The molecule has 2 rings (SSSR count). The summed E-state index contributed by atoms with van der Waals surface area (Å²) < 4.78 is 5.40. The molecule has 0 bridgehead atoms. The number of benzene rings is 2. The summed E-state index contributed by atoms with van der Waals surface area (Å²) >= 11 is 0. The van der Waals surface area contributed by atoms with Crippen LogP contribution in [0.5, 0.6) is 17.2 Å². The van der Waals surface area contributed by atoms with Crippen molar-refractivity contribution in [3.63, 3.8) is 0 Å². The van der Waals surface area contributed by atoms with Gasteiger partial charge in [-0.3, -0.25) is 4.79 Å². The molecule has 0 spiro atoms. The maximum absolute atomic E-state index is 11.5. The van der Waals surface area contributed by atoms with Crippen molar-refractivity contribution < 1.29 is 29.5 Å². The largest absolute Gasteiger partial charge is 0.507 e. The summed E-state index contributed by atoms with van der Waals surface area (Å²) in [6, 6.07) is 11.8. The molecule has 2 aromatic rings. The number of rotatable bonds is 8. The van der Waals surface area contributed by atoms with Crippen molar-refractivity contribution >= 4 is 5.78 Å². The Morgan fingerprint density at radius 3 is 2.62 bits per heavy atom. The number of ketones is 1. The standard InChI is InChI=1S/C18H20O6/c1-12-5-3-6-15(9-12)24-23-11-14(20)10-22-17-8-4-7-16(21)18(17)13(2)19/h3-9,14,20-21H,10-11H2,1-2H3. The van der Waals surface area contributed by atoms with Gasteiger partial charge in [0.2, 0.25) is 0 Å². The van der Waals surface area contributed by atoms with Crippen molar-refractivity contribution in [1.29, 1.82) is 0 Å². The molecule has 0 saturated carbocycles. The Hall–Kier alpha value is -2.57. The Kier molecular flexibility index (Phi) is 6.17. The molecule has 0 amide bonds. The number of aliphatic hydroxyl groups excluding tert-OH is 1. The third-order valence-corrected chi connectivity index (χ3v) is 3.19. The van der Waals surface area contributed by atoms with Crippen LogP contribution in [0.1, 0.15) is 22.8 Å². The lowest BCUT2D eigenvalue weighted by Crippen LogP contribution is -2.24. The predicted molar refractivity (Wildman–Crippen MR) is 87.4 cm³/mol. The van der Waals surface area contributed by atoms with Gasteiger partial charge < -0.3 is 19.8 Å². The zero-order valence-electron chi connectivity index (χ0n) is 13.6. The zero-order valence-corrected chi connectivity index (χ0v) is 13.6. The maximum Gasteiger partial charge on any atom is 0.167 e. The first kappa shape index (κ1) is 17.8. The summed E-state index contributed by atoms with van der Waals surface area (Å²) in [4.78, 5) is 21.6. The summed E-state index contributed by atoms with van der Waals surface area (Å²) in [5, 5.41) is 19.6. The number of aromatic hydroxyl groups is 1. The third kappa shape index (κ3) is 4.97. The van der Waals surface area contributed by atoms with Gasteiger partial charge in [-0.25, -0.2) is 0 Å². The first-order valence-electron chi connectivity index (χ1n) is 7.47. The Labute approximate surface area is 140 Å². The fourth-order valence-corrected chi connectivity index (χ4v) is 2.08. The molecule has 0 fully saturated rings. The smallest absolute Gasteiger partial charge is 0.167 e. The number of aliphatic hydroxyl groups is 1. The molecule has 0 aliphatic heterocycles. The van der Waals surface area contributed by atoms with E-state index in [1.807, 2.05) is 19.1 Å². The van der Waals surface area contributed by atoms with Crippen LogP contribution in [0, 0.1) is 6.92 Å². The van der Waals surface area contributed by atoms with Crippen molar-refractivity contribution in [1.82, 2.24) is 0 Å². The van der Waals surface area contributed by atoms with E-state index in [2.05, 4.69) is 0 Å². The molecule has 6 heteroatoms. The van der Waals surface area contributed by atoms with Gasteiger partial charge in [-0.1, -0.05) is 18.2 Å². The van der Waals surface area contributed by atoms with Crippen molar-refractivity contribution in [2.75, 3.05) is 13.2 Å². The van der Waals surface area contributed by atoms with E-state index in [1.54, 1.807) is 24.3 Å². The Morgan fingerprint density at radius 1 is 1.17 bits per heavy atom. The lowest BCUT2D eigenvalue weighted by molar-refractivity contribution is -0.225. The number of phenols is 1. The molecule has 2 N–H and O–H groups in total. The number of carbonyl (C=O) groups is 1. The Morgan fingerprint density at radius 2 is 1.92 bits per heavy atom. The molecule has 0 aliphatic carbocycles. The number of ether oxygens (including phenoxy) is 1. The minimum absolute atomic E-state index is 0.0848. The number of hydrogen-bond donors (Lipinski definition) is 2. The maximum atomic E-state index is 11.5. The van der Waals surface area contributed by atoms with Gasteiger partial charge in [0.15, 0.2) is 11.5 Å². The Bertz CT molecular complexity index is 698. The fourth-order valence-electron chi connectivity index (χ4n) is 2.08. The molecule has 2 aromatic carbocycles. The normalized spacial score (nSPS) is 11.8. The molecule has 6 nitrogen and oxygen atoms in total. The summed E-state index contributed by atoms with van der Waals surface area (Å²) in [5.74, 6) is 0.265. The molecule has 0 aromatic heterocycles. The highest BCUT2D eigenvalue weighted by atomic mass is 17.2. The number of Topliss-reactive ketones (excluding diaryl/α,β-unsaturated/α-hetero) is 1. The molecule has 0 aliphatic rings. The van der Waals surface area contributed by atoms with Crippen molar-refractivity contribution in [3.05, 3.63) is 53.6 Å². The van der Waals surface area contributed by atoms with E-state index >= 15 is 0 Å². The molecule has 0 saturated heterocycles. The van der Waals surface area contributed by atoms with Crippen LogP contribution in [0.25, 0.3) is 0 Å². The van der Waals surface area contributed by atoms with Gasteiger partial charge in [0, 0.05) is 0 Å². The lowest BCUT2D eigenvalue weighted by atomic mass is 10.1. The van der Waals surface area contributed by atoms with Crippen LogP contribution in [0.15, 0.2) is 42.5 Å². The van der Waals surface area contributed by atoms with Crippen LogP contribution in [0.2, 0.25) is 0 Å². The van der Waals surface area contributed by atoms with E-state index in [-0.39, 0.29) is 36.1 Å². The SMILES string of the molecule is CC(=O)c1c(O)cccc1OCC(O)COOc1cccc(C)c1. The second-order valence-electron chi connectivity index (χ2n) is 5.36. The highest BCUT2D eigenvalue weighted by Gasteiger charge is 2.15. The summed E-state index contributed by atoms with van der Waals surface area (Å²) in [6.45, 7) is 3.04. The molecule has 0 heterocycles. The van der Waals surface area contributed by atoms with E-state index in [4.69, 9.17) is 14.5 Å². The summed E-state index contributed by atoms with van der Waals surface area (Å²) in [7, 11) is 0. The molecular weight excluding hydrogens is 312 g/mol. The van der Waals surface area contributed by atoms with E-state index < -0.39 is 6.10 Å². The van der Waals surface area contributed by atoms with Gasteiger partial charge in [0.05, 0.1) is 0 Å². The van der Waals surface area contributed by atoms with E-state index in [9.17, 15) is 15.0 Å². The molecule has 1 atom stereocenters. The minimum atomic E-state index is -0.961. The lowest BCUT2D eigenvalue weighted by Gasteiger charge is -2.14. The highest BCUT2D eigenvalue weighted by Crippen LogP contribution is 2.27. The number of hydrogen-bond acceptors (Lipinski definition) is 6. The summed E-state index contributed by atoms with van der Waals surface area (Å²) in [6.07, 6.45) is -0.961. The van der Waals surface area contributed by atoms with Gasteiger partial charge >= 0.3 is 0 Å². The highest BCUT2D eigenvalue weighted by molar-refractivity contribution is 5.99. The van der Waals surface area contributed by atoms with Crippen molar-refractivity contribution in [2.45, 2.75) is 20.0 Å². The molecule has 0 radical (unpaired) electrons. The van der Waals surface area contributed by atoms with Crippen LogP contribution in [0.3, 0.4) is 0 Å². The zero-order chi connectivity index (χ0) is 17.5. The van der Waals surface area contributed by atoms with Gasteiger partial charge in [-0.2, -0.15) is 4.89 Å². The van der Waals surface area contributed by atoms with E-state index in [0.717, 1.165) is 5.56 Å². The topological polar surface area (TPSA) is 85.2 Å². The third-order valence-electron chi connectivity index (χ3n) is 3.19. The van der Waals surface area contributed by atoms with E-state index in [0.29, 0.717) is 5.75 Å². The second kappa shape index (κ2) is 8.33. The van der Waals surface area contributed by atoms with Gasteiger partial charge in [-0.05, 0) is 43.7 Å². The molecule has 24 heavy (non-hydrogen) atoms.